The Morgan fingerprint density at radius 2 is 1.88 bits per heavy atom. The molecule has 10 heteroatoms. The maximum absolute atomic E-state index is 12.5. The molecule has 26 heavy (non-hydrogen) atoms. The minimum atomic E-state index is -3.72. The Bertz CT molecular complexity index is 1040. The molecule has 8 nitrogen and oxygen atoms in total. The summed E-state index contributed by atoms with van der Waals surface area (Å²) >= 11 is 1.19. The summed E-state index contributed by atoms with van der Waals surface area (Å²) in [6.45, 7) is 3.58. The Labute approximate surface area is 154 Å². The van der Waals surface area contributed by atoms with Crippen molar-refractivity contribution in [3.05, 3.63) is 52.8 Å². The minimum Gasteiger partial charge on any atom is -0.322 e. The summed E-state index contributed by atoms with van der Waals surface area (Å²) in [5, 5.41) is 8.95. The topological polar surface area (TPSA) is 106 Å². The van der Waals surface area contributed by atoms with E-state index in [1.165, 1.54) is 41.8 Å². The SMILES string of the molecule is Cc1nn(C)c(C)c1C(=O)Nc1ccc(S(=O)(=O)Nc2nccs2)cc1. The van der Waals surface area contributed by atoms with E-state index in [2.05, 4.69) is 20.1 Å². The quantitative estimate of drug-likeness (QED) is 0.695. The minimum absolute atomic E-state index is 0.0828. The number of aryl methyl sites for hydroxylation is 2. The van der Waals surface area contributed by atoms with Crippen LogP contribution in [0.5, 0.6) is 0 Å². The maximum atomic E-state index is 12.5. The number of carbonyl (C=O) groups excluding carboxylic acids is 1. The summed E-state index contributed by atoms with van der Waals surface area (Å²) in [5.41, 5.74) is 2.39. The fourth-order valence-electron chi connectivity index (χ4n) is 2.46. The van der Waals surface area contributed by atoms with Gasteiger partial charge >= 0.3 is 0 Å². The van der Waals surface area contributed by atoms with E-state index in [0.29, 0.717) is 22.1 Å². The summed E-state index contributed by atoms with van der Waals surface area (Å²) in [6, 6.07) is 5.92. The van der Waals surface area contributed by atoms with Crippen LogP contribution in [0.1, 0.15) is 21.7 Å². The van der Waals surface area contributed by atoms with E-state index < -0.39 is 10.0 Å². The lowest BCUT2D eigenvalue weighted by atomic mass is 10.2. The number of hydrogen-bond donors (Lipinski definition) is 2. The summed E-state index contributed by atoms with van der Waals surface area (Å²) in [6.07, 6.45) is 1.52. The van der Waals surface area contributed by atoms with Crippen molar-refractivity contribution >= 4 is 38.1 Å². The summed E-state index contributed by atoms with van der Waals surface area (Å²) < 4.78 is 28.7. The number of nitrogens with one attached hydrogen (secondary N) is 2. The number of hydrogen-bond acceptors (Lipinski definition) is 6. The van der Waals surface area contributed by atoms with Crippen molar-refractivity contribution in [2.75, 3.05) is 10.0 Å². The number of aromatic nitrogens is 3. The third-order valence-corrected chi connectivity index (χ3v) is 5.99. The van der Waals surface area contributed by atoms with Crippen LogP contribution in [0.3, 0.4) is 0 Å². The Kier molecular flexibility index (Phi) is 4.79. The molecule has 0 atom stereocenters. The van der Waals surface area contributed by atoms with Gasteiger partial charge in [-0.25, -0.2) is 13.4 Å². The molecule has 0 saturated heterocycles. The van der Waals surface area contributed by atoms with Gasteiger partial charge in [0.25, 0.3) is 15.9 Å². The highest BCUT2D eigenvalue weighted by Crippen LogP contribution is 2.20. The van der Waals surface area contributed by atoms with Gasteiger partial charge in [-0.15, -0.1) is 11.3 Å². The maximum Gasteiger partial charge on any atom is 0.263 e. The first-order chi connectivity index (χ1) is 12.3. The summed E-state index contributed by atoms with van der Waals surface area (Å²) in [4.78, 5) is 16.4. The molecule has 1 amide bonds. The van der Waals surface area contributed by atoms with Gasteiger partial charge in [-0.2, -0.15) is 5.10 Å². The smallest absolute Gasteiger partial charge is 0.263 e. The number of benzene rings is 1. The van der Waals surface area contributed by atoms with Gasteiger partial charge in [-0.3, -0.25) is 14.2 Å². The average molecular weight is 391 g/mol. The number of thiazole rings is 1. The van der Waals surface area contributed by atoms with Crippen LogP contribution in [0.15, 0.2) is 40.7 Å². The number of amides is 1. The van der Waals surface area contributed by atoms with Crippen molar-refractivity contribution in [2.45, 2.75) is 18.7 Å². The monoisotopic (exact) mass is 391 g/mol. The highest BCUT2D eigenvalue weighted by molar-refractivity contribution is 7.93. The largest absolute Gasteiger partial charge is 0.322 e. The van der Waals surface area contributed by atoms with Crippen molar-refractivity contribution in [1.29, 1.82) is 0 Å². The molecular formula is C16H17N5O3S2. The molecule has 1 aromatic carbocycles. The number of sulfonamides is 1. The van der Waals surface area contributed by atoms with Gasteiger partial charge in [0.15, 0.2) is 5.13 Å². The van der Waals surface area contributed by atoms with Gasteiger partial charge < -0.3 is 5.32 Å². The third kappa shape index (κ3) is 3.60. The summed E-state index contributed by atoms with van der Waals surface area (Å²) in [7, 11) is -1.95. The third-order valence-electron chi connectivity index (χ3n) is 3.81. The van der Waals surface area contributed by atoms with Gasteiger partial charge in [-0.05, 0) is 38.1 Å². The van der Waals surface area contributed by atoms with Crippen LogP contribution in [0.2, 0.25) is 0 Å². The van der Waals surface area contributed by atoms with Crippen molar-refractivity contribution in [1.82, 2.24) is 14.8 Å². The van der Waals surface area contributed by atoms with E-state index in [0.717, 1.165) is 5.69 Å². The van der Waals surface area contributed by atoms with E-state index in [1.807, 2.05) is 6.92 Å². The number of nitrogens with zero attached hydrogens (tertiary/aromatic N) is 3. The van der Waals surface area contributed by atoms with Gasteiger partial charge in [-0.1, -0.05) is 0 Å². The van der Waals surface area contributed by atoms with Gasteiger partial charge in [0.2, 0.25) is 0 Å². The molecule has 0 aliphatic heterocycles. The molecule has 0 spiro atoms. The Morgan fingerprint density at radius 3 is 2.42 bits per heavy atom. The molecule has 2 aromatic heterocycles. The number of rotatable bonds is 5. The van der Waals surface area contributed by atoms with Crippen LogP contribution in [0.25, 0.3) is 0 Å². The van der Waals surface area contributed by atoms with Gasteiger partial charge in [0.05, 0.1) is 16.2 Å². The Morgan fingerprint density at radius 1 is 1.19 bits per heavy atom. The number of carbonyl (C=O) groups is 1. The molecule has 3 rings (SSSR count). The van der Waals surface area contributed by atoms with Gasteiger partial charge in [0, 0.05) is 30.0 Å². The molecule has 0 aliphatic rings. The molecule has 136 valence electrons. The predicted octanol–water partition coefficient (Wildman–Crippen LogP) is 2.55. The van der Waals surface area contributed by atoms with Crippen molar-refractivity contribution in [3.63, 3.8) is 0 Å². The zero-order valence-corrected chi connectivity index (χ0v) is 16.0. The highest BCUT2D eigenvalue weighted by atomic mass is 32.2. The van der Waals surface area contributed by atoms with Crippen LogP contribution < -0.4 is 10.0 Å². The zero-order valence-electron chi connectivity index (χ0n) is 14.3. The van der Waals surface area contributed by atoms with E-state index in [1.54, 1.807) is 24.0 Å². The lowest BCUT2D eigenvalue weighted by Crippen LogP contribution is -2.15. The predicted molar refractivity (Wildman–Crippen MR) is 100.0 cm³/mol. The van der Waals surface area contributed by atoms with E-state index in [-0.39, 0.29) is 10.8 Å². The fraction of sp³-hybridized carbons (Fsp3) is 0.188. The van der Waals surface area contributed by atoms with Crippen LogP contribution in [0.4, 0.5) is 10.8 Å². The van der Waals surface area contributed by atoms with Crippen molar-refractivity contribution in [3.8, 4) is 0 Å². The normalized spacial score (nSPS) is 11.3. The summed E-state index contributed by atoms with van der Waals surface area (Å²) in [5.74, 6) is -0.287. The molecule has 0 fully saturated rings. The number of anilines is 2. The molecule has 0 unspecified atom stereocenters. The van der Waals surface area contributed by atoms with Crippen LogP contribution >= 0.6 is 11.3 Å². The molecule has 2 heterocycles. The molecule has 0 aliphatic carbocycles. The lowest BCUT2D eigenvalue weighted by molar-refractivity contribution is 0.102. The van der Waals surface area contributed by atoms with Crippen LogP contribution in [-0.2, 0) is 17.1 Å². The molecule has 0 saturated carbocycles. The second-order valence-corrected chi connectivity index (χ2v) is 8.17. The van der Waals surface area contributed by atoms with Gasteiger partial charge in [0.1, 0.15) is 0 Å². The van der Waals surface area contributed by atoms with Crippen LogP contribution in [0, 0.1) is 13.8 Å². The first kappa shape index (κ1) is 18.1. The standard InChI is InChI=1S/C16H17N5O3S2/c1-10-14(11(2)21(3)19-10)15(22)18-12-4-6-13(7-5-12)26(23,24)20-16-17-8-9-25-16/h4-9H,1-3H3,(H,17,20)(H,18,22). The van der Waals surface area contributed by atoms with E-state index >= 15 is 0 Å². The lowest BCUT2D eigenvalue weighted by Gasteiger charge is -2.08. The first-order valence-corrected chi connectivity index (χ1v) is 9.98. The van der Waals surface area contributed by atoms with Crippen LogP contribution in [-0.4, -0.2) is 29.1 Å². The zero-order chi connectivity index (χ0) is 18.9. The second kappa shape index (κ2) is 6.89. The van der Waals surface area contributed by atoms with Crippen molar-refractivity contribution < 1.29 is 13.2 Å². The second-order valence-electron chi connectivity index (χ2n) is 5.59. The molecule has 0 radical (unpaired) electrons. The first-order valence-electron chi connectivity index (χ1n) is 7.62. The molecular weight excluding hydrogens is 374 g/mol. The van der Waals surface area contributed by atoms with E-state index in [4.69, 9.17) is 0 Å². The molecule has 0 bridgehead atoms. The van der Waals surface area contributed by atoms with Crippen molar-refractivity contribution in [2.24, 2.45) is 7.05 Å². The average Bonchev–Trinajstić information content (AvgIpc) is 3.15. The molecule has 3 aromatic rings. The Hall–Kier alpha value is -2.72. The fourth-order valence-corrected chi connectivity index (χ4v) is 4.25. The van der Waals surface area contributed by atoms with E-state index in [9.17, 15) is 13.2 Å². The highest BCUT2D eigenvalue weighted by Gasteiger charge is 2.18. The molecule has 2 N–H and O–H groups in total. The Balaban J connectivity index is 1.76.